The molecule has 1 fully saturated rings. The SMILES string of the molecule is O=C(O)C[C@H](NC(=O)c1cncc(S(=O)(=O)N2CCCC2)c1)C(=O)CSCc1ccc(F)cc1. The van der Waals surface area contributed by atoms with Gasteiger partial charge in [-0.15, -0.1) is 11.8 Å². The summed E-state index contributed by atoms with van der Waals surface area (Å²) in [6.45, 7) is 0.785. The number of hydrogen-bond acceptors (Lipinski definition) is 7. The molecule has 9 nitrogen and oxygen atoms in total. The first-order chi connectivity index (χ1) is 16.2. The second kappa shape index (κ2) is 11.5. The number of carbonyl (C=O) groups excluding carboxylic acids is 2. The highest BCUT2D eigenvalue weighted by molar-refractivity contribution is 7.99. The lowest BCUT2D eigenvalue weighted by atomic mass is 10.1. The van der Waals surface area contributed by atoms with Gasteiger partial charge >= 0.3 is 5.97 Å². The van der Waals surface area contributed by atoms with Crippen molar-refractivity contribution in [3.8, 4) is 0 Å². The van der Waals surface area contributed by atoms with E-state index in [-0.39, 0.29) is 22.0 Å². The van der Waals surface area contributed by atoms with Crippen molar-refractivity contribution in [2.75, 3.05) is 18.8 Å². The van der Waals surface area contributed by atoms with Crippen LogP contribution in [-0.2, 0) is 25.4 Å². The molecule has 0 bridgehead atoms. The Morgan fingerprint density at radius 2 is 1.82 bits per heavy atom. The van der Waals surface area contributed by atoms with E-state index >= 15 is 0 Å². The highest BCUT2D eigenvalue weighted by Gasteiger charge is 2.29. The summed E-state index contributed by atoms with van der Waals surface area (Å²) in [6, 6.07) is 5.64. The van der Waals surface area contributed by atoms with E-state index in [1.807, 2.05) is 0 Å². The van der Waals surface area contributed by atoms with Crippen LogP contribution in [0.2, 0.25) is 0 Å². The average Bonchev–Trinajstić information content (AvgIpc) is 3.35. The predicted molar refractivity (Wildman–Crippen MR) is 123 cm³/mol. The lowest BCUT2D eigenvalue weighted by molar-refractivity contribution is -0.139. The molecule has 0 saturated carbocycles. The molecule has 2 N–H and O–H groups in total. The lowest BCUT2D eigenvalue weighted by Crippen LogP contribution is -2.43. The smallest absolute Gasteiger partial charge is 0.305 e. The Labute approximate surface area is 200 Å². The molecular weight excluding hydrogens is 485 g/mol. The van der Waals surface area contributed by atoms with Gasteiger partial charge < -0.3 is 10.4 Å². The van der Waals surface area contributed by atoms with Gasteiger partial charge in [-0.2, -0.15) is 4.31 Å². The Morgan fingerprint density at radius 1 is 1.15 bits per heavy atom. The normalized spacial score (nSPS) is 15.1. The number of ketones is 1. The molecule has 0 spiro atoms. The summed E-state index contributed by atoms with van der Waals surface area (Å²) in [5.41, 5.74) is 0.697. The largest absolute Gasteiger partial charge is 0.481 e. The van der Waals surface area contributed by atoms with Gasteiger partial charge in [0.15, 0.2) is 5.78 Å². The monoisotopic (exact) mass is 509 g/mol. The van der Waals surface area contributed by atoms with Crippen LogP contribution in [0.15, 0.2) is 47.6 Å². The third-order valence-corrected chi connectivity index (χ3v) is 8.07. The van der Waals surface area contributed by atoms with Gasteiger partial charge in [-0.25, -0.2) is 12.8 Å². The Morgan fingerprint density at radius 3 is 2.47 bits per heavy atom. The maximum absolute atomic E-state index is 13.0. The number of amides is 1. The molecule has 2 heterocycles. The summed E-state index contributed by atoms with van der Waals surface area (Å²) in [6.07, 6.45) is 3.19. The minimum atomic E-state index is -3.80. The number of aromatic nitrogens is 1. The number of thioether (sulfide) groups is 1. The summed E-state index contributed by atoms with van der Waals surface area (Å²) in [5, 5.41) is 11.6. The van der Waals surface area contributed by atoms with E-state index in [9.17, 15) is 32.3 Å². The summed E-state index contributed by atoms with van der Waals surface area (Å²) in [7, 11) is -3.80. The second-order valence-electron chi connectivity index (χ2n) is 7.73. The zero-order valence-corrected chi connectivity index (χ0v) is 19.8. The van der Waals surface area contributed by atoms with Crippen LogP contribution in [0.4, 0.5) is 4.39 Å². The van der Waals surface area contributed by atoms with Crippen LogP contribution in [0.1, 0.15) is 35.2 Å². The standard InChI is InChI=1S/C22H24FN3O6S2/c23-17-5-3-15(4-6-17)13-33-14-20(27)19(10-21(28)29)25-22(30)16-9-18(12-24-11-16)34(31,32)26-7-1-2-8-26/h3-6,9,11-12,19H,1-2,7-8,10,13-14H2,(H,25,30)(H,28,29)/t19-/m0/s1. The first-order valence-corrected chi connectivity index (χ1v) is 13.1. The lowest BCUT2D eigenvalue weighted by Gasteiger charge is -2.17. The van der Waals surface area contributed by atoms with Crippen LogP contribution in [0, 0.1) is 5.82 Å². The molecule has 0 aliphatic carbocycles. The number of hydrogen-bond donors (Lipinski definition) is 2. The number of Topliss-reactive ketones (excluding diaryl/α,β-unsaturated/α-hetero) is 1. The summed E-state index contributed by atoms with van der Waals surface area (Å²) in [5.74, 6) is -2.62. The molecule has 0 radical (unpaired) electrons. The number of nitrogens with zero attached hydrogens (tertiary/aromatic N) is 2. The molecule has 1 amide bonds. The molecule has 1 aliphatic heterocycles. The molecule has 1 aromatic heterocycles. The van der Waals surface area contributed by atoms with Crippen LogP contribution in [-0.4, -0.2) is 65.4 Å². The average molecular weight is 510 g/mol. The van der Waals surface area contributed by atoms with Crippen molar-refractivity contribution in [1.29, 1.82) is 0 Å². The number of aliphatic carboxylic acids is 1. The number of carbonyl (C=O) groups is 3. The third kappa shape index (κ3) is 6.84. The maximum atomic E-state index is 13.0. The van der Waals surface area contributed by atoms with E-state index in [0.717, 1.165) is 30.8 Å². The number of carboxylic acid groups (broad SMARTS) is 1. The number of benzene rings is 1. The summed E-state index contributed by atoms with van der Waals surface area (Å²) in [4.78, 5) is 40.3. The Kier molecular flexibility index (Phi) is 8.75. The van der Waals surface area contributed by atoms with Crippen molar-refractivity contribution in [3.63, 3.8) is 0 Å². The quantitative estimate of drug-likeness (QED) is 0.470. The molecule has 1 saturated heterocycles. The van der Waals surface area contributed by atoms with Gasteiger partial charge in [0.05, 0.1) is 23.8 Å². The minimum Gasteiger partial charge on any atom is -0.481 e. The minimum absolute atomic E-state index is 0.0722. The Balaban J connectivity index is 1.66. The van der Waals surface area contributed by atoms with Crippen LogP contribution < -0.4 is 5.32 Å². The fourth-order valence-electron chi connectivity index (χ4n) is 3.37. The van der Waals surface area contributed by atoms with Gasteiger partial charge in [0, 0.05) is 31.2 Å². The first kappa shape index (κ1) is 25.8. The molecule has 182 valence electrons. The van der Waals surface area contributed by atoms with Crippen molar-refractivity contribution in [1.82, 2.24) is 14.6 Å². The van der Waals surface area contributed by atoms with Gasteiger partial charge in [0.1, 0.15) is 10.7 Å². The number of sulfonamides is 1. The zero-order valence-electron chi connectivity index (χ0n) is 18.1. The third-order valence-electron chi connectivity index (χ3n) is 5.18. The van der Waals surface area contributed by atoms with Gasteiger partial charge in [0.2, 0.25) is 10.0 Å². The number of halogens is 1. The molecule has 12 heteroatoms. The first-order valence-electron chi connectivity index (χ1n) is 10.5. The molecule has 1 atom stereocenters. The predicted octanol–water partition coefficient (Wildman–Crippen LogP) is 2.08. The van der Waals surface area contributed by atoms with E-state index in [4.69, 9.17) is 0 Å². The molecule has 1 aliphatic rings. The molecular formula is C22H24FN3O6S2. The van der Waals surface area contributed by atoms with E-state index in [2.05, 4.69) is 10.3 Å². The van der Waals surface area contributed by atoms with E-state index < -0.39 is 40.1 Å². The highest BCUT2D eigenvalue weighted by Crippen LogP contribution is 2.21. The van der Waals surface area contributed by atoms with Crippen LogP contribution in [0.3, 0.4) is 0 Å². The Bertz CT molecular complexity index is 1150. The fourth-order valence-corrected chi connectivity index (χ4v) is 5.81. The van der Waals surface area contributed by atoms with Crippen molar-refractivity contribution >= 4 is 39.4 Å². The molecule has 3 rings (SSSR count). The fraction of sp³-hybridized carbons (Fsp3) is 0.364. The van der Waals surface area contributed by atoms with Gasteiger partial charge in [0.25, 0.3) is 5.91 Å². The van der Waals surface area contributed by atoms with Gasteiger partial charge in [-0.05, 0) is 36.6 Å². The molecule has 2 aromatic rings. The van der Waals surface area contributed by atoms with E-state index in [1.165, 1.54) is 34.3 Å². The van der Waals surface area contributed by atoms with Crippen molar-refractivity contribution in [2.45, 2.75) is 36.0 Å². The number of rotatable bonds is 11. The van der Waals surface area contributed by atoms with Gasteiger partial charge in [-0.3, -0.25) is 19.4 Å². The van der Waals surface area contributed by atoms with Gasteiger partial charge in [-0.1, -0.05) is 12.1 Å². The van der Waals surface area contributed by atoms with Crippen LogP contribution in [0.25, 0.3) is 0 Å². The number of pyridine rings is 1. The summed E-state index contributed by atoms with van der Waals surface area (Å²) >= 11 is 1.21. The molecule has 0 unspecified atom stereocenters. The maximum Gasteiger partial charge on any atom is 0.305 e. The number of carboxylic acids is 1. The number of nitrogens with one attached hydrogen (secondary N) is 1. The molecule has 34 heavy (non-hydrogen) atoms. The van der Waals surface area contributed by atoms with Crippen LogP contribution in [0.5, 0.6) is 0 Å². The van der Waals surface area contributed by atoms with E-state index in [1.54, 1.807) is 12.1 Å². The summed E-state index contributed by atoms with van der Waals surface area (Å²) < 4.78 is 39.8. The highest BCUT2D eigenvalue weighted by atomic mass is 32.2. The van der Waals surface area contributed by atoms with E-state index in [0.29, 0.717) is 18.8 Å². The second-order valence-corrected chi connectivity index (χ2v) is 10.7. The zero-order chi connectivity index (χ0) is 24.7. The Hall–Kier alpha value is -2.83. The van der Waals surface area contributed by atoms with Crippen LogP contribution >= 0.6 is 11.8 Å². The van der Waals surface area contributed by atoms with Crippen molar-refractivity contribution in [3.05, 3.63) is 59.7 Å². The topological polar surface area (TPSA) is 134 Å². The van der Waals surface area contributed by atoms with Crippen molar-refractivity contribution < 1.29 is 32.3 Å². The van der Waals surface area contributed by atoms with Crippen molar-refractivity contribution in [2.24, 2.45) is 0 Å². The molecule has 1 aromatic carbocycles.